The van der Waals surface area contributed by atoms with E-state index in [-0.39, 0.29) is 18.3 Å². The van der Waals surface area contributed by atoms with Crippen LogP contribution in [0.2, 0.25) is 0 Å². The highest BCUT2D eigenvalue weighted by Gasteiger charge is 2.11. The van der Waals surface area contributed by atoms with E-state index in [1.54, 1.807) is 48.5 Å². The molecule has 0 bridgehead atoms. The summed E-state index contributed by atoms with van der Waals surface area (Å²) in [6, 6.07) is 16.5. The largest absolute Gasteiger partial charge is 0.475 e. The van der Waals surface area contributed by atoms with E-state index in [0.29, 0.717) is 35.0 Å². The monoisotopic (exact) mass is 455 g/mol. The van der Waals surface area contributed by atoms with Crippen molar-refractivity contribution in [2.45, 2.75) is 0 Å². The number of halogens is 2. The van der Waals surface area contributed by atoms with Gasteiger partial charge in [-0.25, -0.2) is 4.39 Å². The van der Waals surface area contributed by atoms with E-state index in [2.05, 4.69) is 36.5 Å². The maximum absolute atomic E-state index is 13.5. The Morgan fingerprint density at radius 3 is 2.72 bits per heavy atom. The first-order valence-corrected chi connectivity index (χ1v) is 9.54. The molecule has 4 rings (SSSR count). The van der Waals surface area contributed by atoms with Gasteiger partial charge in [-0.1, -0.05) is 28.1 Å². The highest BCUT2D eigenvalue weighted by molar-refractivity contribution is 9.10. The fourth-order valence-corrected chi connectivity index (χ4v) is 2.94. The number of hydrogen-bond donors (Lipinski definition) is 1. The number of ether oxygens (including phenoxy) is 1. The molecule has 0 saturated carbocycles. The third kappa shape index (κ3) is 4.40. The van der Waals surface area contributed by atoms with Crippen molar-refractivity contribution in [3.63, 3.8) is 0 Å². The highest BCUT2D eigenvalue weighted by Crippen LogP contribution is 2.19. The number of nitrogens with one attached hydrogen (secondary N) is 1. The summed E-state index contributed by atoms with van der Waals surface area (Å²) in [4.78, 5) is 12.1. The number of hydrogen-bond acceptors (Lipinski definition) is 5. The fourth-order valence-electron chi connectivity index (χ4n) is 2.68. The molecular weight excluding hydrogens is 441 g/mol. The van der Waals surface area contributed by atoms with Crippen LogP contribution in [-0.4, -0.2) is 38.9 Å². The van der Waals surface area contributed by atoms with Crippen molar-refractivity contribution in [1.29, 1.82) is 0 Å². The lowest BCUT2D eigenvalue weighted by Gasteiger charge is -2.08. The number of carbonyl (C=O) groups excluding carboxylic acids is 1. The minimum Gasteiger partial charge on any atom is -0.475 e. The molecule has 9 heteroatoms. The minimum atomic E-state index is -0.367. The van der Waals surface area contributed by atoms with E-state index in [9.17, 15) is 9.18 Å². The molecule has 0 spiro atoms. The SMILES string of the molecule is O=C(NCCOc1ccc2nnc(-c3cccc(F)c3)n2n1)c1ccc(Br)cc1. The summed E-state index contributed by atoms with van der Waals surface area (Å²) < 4.78 is 21.5. The number of carbonyl (C=O) groups is 1. The lowest BCUT2D eigenvalue weighted by atomic mass is 10.2. The molecule has 2 aromatic carbocycles. The van der Waals surface area contributed by atoms with Gasteiger partial charge in [-0.05, 0) is 42.5 Å². The smallest absolute Gasteiger partial charge is 0.251 e. The summed E-state index contributed by atoms with van der Waals surface area (Å²) in [6.07, 6.45) is 0. The first-order chi connectivity index (χ1) is 14.1. The molecule has 1 N–H and O–H groups in total. The third-order valence-corrected chi connectivity index (χ3v) is 4.59. The molecule has 0 aliphatic carbocycles. The van der Waals surface area contributed by atoms with Crippen LogP contribution in [0.5, 0.6) is 5.88 Å². The topological polar surface area (TPSA) is 81.4 Å². The van der Waals surface area contributed by atoms with E-state index in [0.717, 1.165) is 4.47 Å². The van der Waals surface area contributed by atoms with Gasteiger partial charge in [-0.3, -0.25) is 4.79 Å². The van der Waals surface area contributed by atoms with Crippen LogP contribution in [0, 0.1) is 5.82 Å². The molecule has 0 saturated heterocycles. The van der Waals surface area contributed by atoms with Crippen LogP contribution in [0.3, 0.4) is 0 Å². The Kier molecular flexibility index (Phi) is 5.48. The Morgan fingerprint density at radius 2 is 1.93 bits per heavy atom. The van der Waals surface area contributed by atoms with Gasteiger partial charge in [-0.15, -0.1) is 15.3 Å². The summed E-state index contributed by atoms with van der Waals surface area (Å²) in [7, 11) is 0. The number of aromatic nitrogens is 4. The molecule has 0 fully saturated rings. The summed E-state index contributed by atoms with van der Waals surface area (Å²) in [5.74, 6) is 0.200. The van der Waals surface area contributed by atoms with E-state index < -0.39 is 0 Å². The zero-order valence-corrected chi connectivity index (χ0v) is 16.6. The molecule has 146 valence electrons. The van der Waals surface area contributed by atoms with Crippen molar-refractivity contribution >= 4 is 27.5 Å². The Morgan fingerprint density at radius 1 is 1.10 bits per heavy atom. The van der Waals surface area contributed by atoms with Crippen LogP contribution in [-0.2, 0) is 0 Å². The molecule has 2 aromatic heterocycles. The second-order valence-electron chi connectivity index (χ2n) is 6.09. The molecule has 0 atom stereocenters. The predicted molar refractivity (Wildman–Crippen MR) is 108 cm³/mol. The molecule has 29 heavy (non-hydrogen) atoms. The van der Waals surface area contributed by atoms with Crippen LogP contribution >= 0.6 is 15.9 Å². The molecule has 2 heterocycles. The first-order valence-electron chi connectivity index (χ1n) is 8.75. The zero-order chi connectivity index (χ0) is 20.2. The molecule has 1 amide bonds. The fraction of sp³-hybridized carbons (Fsp3) is 0.100. The number of fused-ring (bicyclic) bond motifs is 1. The number of rotatable bonds is 6. The molecule has 7 nitrogen and oxygen atoms in total. The van der Waals surface area contributed by atoms with Crippen molar-refractivity contribution in [3.8, 4) is 17.3 Å². The maximum Gasteiger partial charge on any atom is 0.251 e. The van der Waals surface area contributed by atoms with Crippen molar-refractivity contribution in [2.75, 3.05) is 13.2 Å². The second kappa shape index (κ2) is 8.36. The Bertz CT molecular complexity index is 1160. The van der Waals surface area contributed by atoms with E-state index in [1.165, 1.54) is 16.6 Å². The highest BCUT2D eigenvalue weighted by atomic mass is 79.9. The number of benzene rings is 2. The molecule has 0 aliphatic rings. The van der Waals surface area contributed by atoms with Crippen molar-refractivity contribution in [1.82, 2.24) is 25.1 Å². The van der Waals surface area contributed by atoms with Gasteiger partial charge in [0.05, 0.1) is 6.54 Å². The lowest BCUT2D eigenvalue weighted by molar-refractivity contribution is 0.0946. The van der Waals surface area contributed by atoms with E-state index in [1.807, 2.05) is 0 Å². The van der Waals surface area contributed by atoms with E-state index in [4.69, 9.17) is 4.74 Å². The van der Waals surface area contributed by atoms with Crippen LogP contribution < -0.4 is 10.1 Å². The molecular formula is C20H15BrFN5O2. The van der Waals surface area contributed by atoms with Gasteiger partial charge in [0, 0.05) is 21.7 Å². The Balaban J connectivity index is 1.40. The predicted octanol–water partition coefficient (Wildman–Crippen LogP) is 3.50. The van der Waals surface area contributed by atoms with Gasteiger partial charge in [0.15, 0.2) is 11.5 Å². The Labute approximate surface area is 173 Å². The first kappa shape index (κ1) is 19.0. The summed E-state index contributed by atoms with van der Waals surface area (Å²) >= 11 is 3.33. The van der Waals surface area contributed by atoms with Crippen LogP contribution in [0.25, 0.3) is 17.0 Å². The van der Waals surface area contributed by atoms with Crippen LogP contribution in [0.15, 0.2) is 65.1 Å². The zero-order valence-electron chi connectivity index (χ0n) is 15.0. The third-order valence-electron chi connectivity index (χ3n) is 4.07. The number of nitrogens with zero attached hydrogens (tertiary/aromatic N) is 4. The van der Waals surface area contributed by atoms with Gasteiger partial charge in [0.25, 0.3) is 5.91 Å². The average molecular weight is 456 g/mol. The molecule has 0 aliphatic heterocycles. The summed E-state index contributed by atoms with van der Waals surface area (Å²) in [5, 5.41) is 15.3. The minimum absolute atomic E-state index is 0.184. The second-order valence-corrected chi connectivity index (χ2v) is 7.00. The van der Waals surface area contributed by atoms with Crippen LogP contribution in [0.4, 0.5) is 4.39 Å². The molecule has 4 aromatic rings. The summed E-state index contributed by atoms with van der Waals surface area (Å²) in [5.41, 5.74) is 1.64. The summed E-state index contributed by atoms with van der Waals surface area (Å²) in [6.45, 7) is 0.547. The average Bonchev–Trinajstić information content (AvgIpc) is 3.15. The van der Waals surface area contributed by atoms with Gasteiger partial charge >= 0.3 is 0 Å². The van der Waals surface area contributed by atoms with Gasteiger partial charge in [-0.2, -0.15) is 4.52 Å². The molecule has 0 radical (unpaired) electrons. The van der Waals surface area contributed by atoms with Crippen molar-refractivity contribution < 1.29 is 13.9 Å². The lowest BCUT2D eigenvalue weighted by Crippen LogP contribution is -2.28. The van der Waals surface area contributed by atoms with Crippen molar-refractivity contribution in [3.05, 3.63) is 76.5 Å². The molecule has 0 unspecified atom stereocenters. The standard InChI is InChI=1S/C20H15BrFN5O2/c21-15-6-4-13(5-7-15)20(28)23-10-11-29-18-9-8-17-24-25-19(27(17)26-18)14-2-1-3-16(22)12-14/h1-9,12H,10-11H2,(H,23,28). The maximum atomic E-state index is 13.5. The quantitative estimate of drug-likeness (QED) is 0.450. The van der Waals surface area contributed by atoms with E-state index >= 15 is 0 Å². The van der Waals surface area contributed by atoms with Gasteiger partial charge in [0.2, 0.25) is 5.88 Å². The van der Waals surface area contributed by atoms with Crippen LogP contribution in [0.1, 0.15) is 10.4 Å². The van der Waals surface area contributed by atoms with Crippen molar-refractivity contribution in [2.24, 2.45) is 0 Å². The van der Waals surface area contributed by atoms with Gasteiger partial charge in [0.1, 0.15) is 12.4 Å². The number of amides is 1. The normalized spacial score (nSPS) is 10.8. The Hall–Kier alpha value is -3.33. The van der Waals surface area contributed by atoms with Gasteiger partial charge < -0.3 is 10.1 Å².